The molecule has 0 saturated heterocycles. The molecule has 182 valence electrons. The highest BCUT2D eigenvalue weighted by molar-refractivity contribution is 7.98. The average molecular weight is 500 g/mol. The van der Waals surface area contributed by atoms with Crippen LogP contribution in [-0.2, 0) is 12.2 Å². The molecule has 2 aromatic heterocycles. The Morgan fingerprint density at radius 3 is 2.36 bits per heavy atom. The lowest BCUT2D eigenvalue weighted by Crippen LogP contribution is -2.04. The summed E-state index contributed by atoms with van der Waals surface area (Å²) in [6.07, 6.45) is 0.656. The lowest BCUT2D eigenvalue weighted by atomic mass is 10.1. The van der Waals surface area contributed by atoms with Gasteiger partial charge in [0.05, 0.1) is 19.5 Å². The van der Waals surface area contributed by atoms with Gasteiger partial charge in [-0.3, -0.25) is 4.57 Å². The summed E-state index contributed by atoms with van der Waals surface area (Å²) in [6.45, 7) is 2.58. The Morgan fingerprint density at radius 2 is 1.64 bits per heavy atom. The lowest BCUT2D eigenvalue weighted by molar-refractivity contribution is 0.340. The van der Waals surface area contributed by atoms with E-state index < -0.39 is 0 Å². The Labute approximate surface area is 213 Å². The van der Waals surface area contributed by atoms with Crippen LogP contribution in [0.3, 0.4) is 0 Å². The van der Waals surface area contributed by atoms with E-state index in [0.717, 1.165) is 39.3 Å². The normalized spacial score (nSPS) is 10.9. The third-order valence-electron chi connectivity index (χ3n) is 5.45. The molecule has 0 amide bonds. The molecule has 36 heavy (non-hydrogen) atoms. The van der Waals surface area contributed by atoms with E-state index in [0.29, 0.717) is 30.5 Å². The van der Waals surface area contributed by atoms with E-state index in [1.54, 1.807) is 7.11 Å². The van der Waals surface area contributed by atoms with Crippen molar-refractivity contribution in [3.8, 4) is 28.6 Å². The summed E-state index contributed by atoms with van der Waals surface area (Å²) in [6, 6.07) is 25.7. The lowest BCUT2D eigenvalue weighted by Gasteiger charge is -2.11. The molecule has 5 aromatic rings. The monoisotopic (exact) mass is 499 g/mol. The first-order chi connectivity index (χ1) is 17.7. The minimum Gasteiger partial charge on any atom is -0.497 e. The summed E-state index contributed by atoms with van der Waals surface area (Å²) >= 11 is 1.50. The minimum atomic E-state index is 0.462. The van der Waals surface area contributed by atoms with Crippen LogP contribution >= 0.6 is 11.8 Å². The molecule has 8 nitrogen and oxygen atoms in total. The first-order valence-electron chi connectivity index (χ1n) is 11.5. The van der Waals surface area contributed by atoms with Crippen molar-refractivity contribution in [2.24, 2.45) is 0 Å². The number of ether oxygens (including phenoxy) is 2. The molecule has 0 aliphatic heterocycles. The predicted octanol–water partition coefficient (Wildman–Crippen LogP) is 5.61. The van der Waals surface area contributed by atoms with Crippen molar-refractivity contribution < 1.29 is 14.0 Å². The first-order valence-corrected chi connectivity index (χ1v) is 12.5. The van der Waals surface area contributed by atoms with Crippen LogP contribution in [0, 0.1) is 0 Å². The number of aromatic nitrogens is 5. The number of benzene rings is 3. The van der Waals surface area contributed by atoms with Crippen molar-refractivity contribution in [3.63, 3.8) is 0 Å². The van der Waals surface area contributed by atoms with Crippen LogP contribution in [0.2, 0.25) is 0 Å². The van der Waals surface area contributed by atoms with E-state index in [1.165, 1.54) is 11.8 Å². The SMILES string of the molecule is CCOc1ccc(-c2noc(CSc3nnc(Cc4ccccc4)n3-c3ccc(OC)cc3)n2)cc1. The average Bonchev–Trinajstić information content (AvgIpc) is 3.56. The van der Waals surface area contributed by atoms with Gasteiger partial charge >= 0.3 is 0 Å². The molecular weight excluding hydrogens is 474 g/mol. The van der Waals surface area contributed by atoms with Gasteiger partial charge in [0.2, 0.25) is 11.7 Å². The molecule has 0 bridgehead atoms. The zero-order valence-electron chi connectivity index (χ0n) is 20.0. The number of thioether (sulfide) groups is 1. The van der Waals surface area contributed by atoms with E-state index in [1.807, 2.05) is 73.7 Å². The Balaban J connectivity index is 1.36. The largest absolute Gasteiger partial charge is 0.497 e. The fraction of sp³-hybridized carbons (Fsp3) is 0.185. The molecule has 3 aromatic carbocycles. The second-order valence-electron chi connectivity index (χ2n) is 7.85. The molecular formula is C27H25N5O3S. The quantitative estimate of drug-likeness (QED) is 0.229. The van der Waals surface area contributed by atoms with Crippen molar-refractivity contribution in [1.29, 1.82) is 0 Å². The standard InChI is InChI=1S/C27H25N5O3S/c1-3-34-23-13-9-20(10-14-23)26-28-25(35-31-26)18-36-27-30-29-24(17-19-7-5-4-6-8-19)32(27)21-11-15-22(33-2)16-12-21/h4-16H,3,17-18H2,1-2H3. The van der Waals surface area contributed by atoms with Gasteiger partial charge in [-0.1, -0.05) is 47.3 Å². The molecule has 0 unspecified atom stereocenters. The Kier molecular flexibility index (Phi) is 7.28. The highest BCUT2D eigenvalue weighted by atomic mass is 32.2. The number of rotatable bonds is 10. The van der Waals surface area contributed by atoms with Gasteiger partial charge in [-0.2, -0.15) is 4.98 Å². The molecule has 0 N–H and O–H groups in total. The summed E-state index contributed by atoms with van der Waals surface area (Å²) in [5, 5.41) is 13.9. The highest BCUT2D eigenvalue weighted by Crippen LogP contribution is 2.28. The summed E-state index contributed by atoms with van der Waals surface area (Å²) in [5.74, 6) is 3.95. The van der Waals surface area contributed by atoms with Crippen LogP contribution in [0.25, 0.3) is 17.1 Å². The van der Waals surface area contributed by atoms with E-state index in [-0.39, 0.29) is 0 Å². The third kappa shape index (κ3) is 5.41. The van der Waals surface area contributed by atoms with Gasteiger partial charge in [0.15, 0.2) is 5.16 Å². The highest BCUT2D eigenvalue weighted by Gasteiger charge is 2.17. The van der Waals surface area contributed by atoms with Crippen LogP contribution in [0.4, 0.5) is 0 Å². The predicted molar refractivity (Wildman–Crippen MR) is 138 cm³/mol. The third-order valence-corrected chi connectivity index (χ3v) is 6.37. The van der Waals surface area contributed by atoms with Crippen LogP contribution in [-0.4, -0.2) is 38.6 Å². The molecule has 0 atom stereocenters. The zero-order valence-corrected chi connectivity index (χ0v) is 20.8. The topological polar surface area (TPSA) is 88.1 Å². The summed E-state index contributed by atoms with van der Waals surface area (Å²) in [5.41, 5.74) is 2.98. The van der Waals surface area contributed by atoms with Crippen LogP contribution in [0.5, 0.6) is 11.5 Å². The van der Waals surface area contributed by atoms with Crippen LogP contribution in [0.1, 0.15) is 24.2 Å². The van der Waals surface area contributed by atoms with E-state index in [9.17, 15) is 0 Å². The molecule has 0 fully saturated rings. The maximum atomic E-state index is 5.51. The number of hydrogen-bond acceptors (Lipinski definition) is 8. The van der Waals surface area contributed by atoms with Gasteiger partial charge in [0.25, 0.3) is 0 Å². The molecule has 0 saturated carbocycles. The molecule has 5 rings (SSSR count). The maximum absolute atomic E-state index is 5.51. The molecule has 0 spiro atoms. The molecule has 0 aliphatic carbocycles. The van der Waals surface area contributed by atoms with Gasteiger partial charge < -0.3 is 14.0 Å². The number of nitrogens with zero attached hydrogens (tertiary/aromatic N) is 5. The van der Waals surface area contributed by atoms with Gasteiger partial charge in [0.1, 0.15) is 17.3 Å². The summed E-state index contributed by atoms with van der Waals surface area (Å²) in [7, 11) is 1.65. The molecule has 9 heteroatoms. The van der Waals surface area contributed by atoms with Gasteiger partial charge in [-0.05, 0) is 61.0 Å². The zero-order chi connectivity index (χ0) is 24.7. The smallest absolute Gasteiger partial charge is 0.237 e. The van der Waals surface area contributed by atoms with E-state index in [2.05, 4.69) is 37.0 Å². The minimum absolute atomic E-state index is 0.462. The Morgan fingerprint density at radius 1 is 0.889 bits per heavy atom. The van der Waals surface area contributed by atoms with E-state index >= 15 is 0 Å². The molecule has 0 radical (unpaired) electrons. The van der Waals surface area contributed by atoms with Crippen molar-refractivity contribution in [3.05, 3.63) is 96.1 Å². The van der Waals surface area contributed by atoms with Gasteiger partial charge in [0, 0.05) is 17.7 Å². The molecule has 2 heterocycles. The second kappa shape index (κ2) is 11.1. The fourth-order valence-corrected chi connectivity index (χ4v) is 4.51. The fourth-order valence-electron chi connectivity index (χ4n) is 3.70. The van der Waals surface area contributed by atoms with Gasteiger partial charge in [-0.15, -0.1) is 10.2 Å². The van der Waals surface area contributed by atoms with Crippen LogP contribution in [0.15, 0.2) is 88.5 Å². The van der Waals surface area contributed by atoms with Crippen molar-refractivity contribution in [2.45, 2.75) is 24.3 Å². The van der Waals surface area contributed by atoms with E-state index in [4.69, 9.17) is 14.0 Å². The first kappa shape index (κ1) is 23.6. The molecule has 0 aliphatic rings. The maximum Gasteiger partial charge on any atom is 0.237 e. The summed E-state index contributed by atoms with van der Waals surface area (Å²) in [4.78, 5) is 4.56. The Bertz CT molecular complexity index is 1400. The van der Waals surface area contributed by atoms with Gasteiger partial charge in [-0.25, -0.2) is 0 Å². The second-order valence-corrected chi connectivity index (χ2v) is 8.79. The Hall–Kier alpha value is -4.11. The number of hydrogen-bond donors (Lipinski definition) is 0. The summed E-state index contributed by atoms with van der Waals surface area (Å²) < 4.78 is 18.4. The van der Waals surface area contributed by atoms with Crippen molar-refractivity contribution in [2.75, 3.05) is 13.7 Å². The van der Waals surface area contributed by atoms with Crippen molar-refractivity contribution >= 4 is 11.8 Å². The van der Waals surface area contributed by atoms with Crippen molar-refractivity contribution in [1.82, 2.24) is 24.9 Å². The number of methoxy groups -OCH3 is 1. The van der Waals surface area contributed by atoms with Crippen LogP contribution < -0.4 is 9.47 Å².